The van der Waals surface area contributed by atoms with Crippen LogP contribution >= 0.6 is 0 Å². The summed E-state index contributed by atoms with van der Waals surface area (Å²) in [6, 6.07) is 6.65. The highest BCUT2D eigenvalue weighted by Gasteiger charge is 2.51. The Morgan fingerprint density at radius 1 is 1.20 bits per heavy atom. The van der Waals surface area contributed by atoms with Crippen molar-refractivity contribution < 1.29 is 21.6 Å². The number of benzene rings is 1. The SMILES string of the molecule is O=S(=O)(N1Cc2ccccc2N(Cc2cnc[nH]2)C(CCN2CCC2)C1)C(F)(F)F. The molecule has 1 N–H and O–H groups in total. The van der Waals surface area contributed by atoms with Crippen LogP contribution in [0.1, 0.15) is 24.1 Å². The smallest absolute Gasteiger partial charge is 0.361 e. The molecule has 1 aromatic carbocycles. The van der Waals surface area contributed by atoms with Crippen LogP contribution in [-0.4, -0.2) is 65.3 Å². The van der Waals surface area contributed by atoms with E-state index in [1.165, 1.54) is 0 Å². The topological polar surface area (TPSA) is 72.5 Å². The standard InChI is InChI=1S/C19H24F3N5O2S/c20-19(21,22)30(28,29)26-11-15-4-1-2-5-18(15)27(12-16-10-23-14-24-16)17(13-26)6-9-25-7-3-8-25/h1-2,4-5,10,14,17H,3,6-9,11-13H2,(H,23,24). The van der Waals surface area contributed by atoms with E-state index < -0.39 is 21.6 Å². The Balaban J connectivity index is 1.71. The molecule has 0 spiro atoms. The molecule has 0 bridgehead atoms. The number of fused-ring (bicyclic) bond motifs is 1. The summed E-state index contributed by atoms with van der Waals surface area (Å²) in [6.45, 7) is 2.52. The Bertz CT molecular complexity index is 961. The van der Waals surface area contributed by atoms with Crippen molar-refractivity contribution in [2.45, 2.75) is 37.5 Å². The molecule has 0 radical (unpaired) electrons. The molecule has 0 saturated carbocycles. The number of aromatic nitrogens is 2. The van der Waals surface area contributed by atoms with Gasteiger partial charge in [-0.25, -0.2) is 13.4 Å². The number of hydrogen-bond acceptors (Lipinski definition) is 5. The number of hydrogen-bond donors (Lipinski definition) is 1. The average Bonchev–Trinajstić information content (AvgIpc) is 3.10. The lowest BCUT2D eigenvalue weighted by atomic mass is 10.1. The van der Waals surface area contributed by atoms with Crippen molar-refractivity contribution in [3.05, 3.63) is 48.0 Å². The normalized spacial score (nSPS) is 21.2. The molecule has 1 aromatic heterocycles. The van der Waals surface area contributed by atoms with Crippen molar-refractivity contribution >= 4 is 15.7 Å². The minimum Gasteiger partial charge on any atom is -0.361 e. The van der Waals surface area contributed by atoms with Crippen LogP contribution in [0, 0.1) is 0 Å². The van der Waals surface area contributed by atoms with Crippen LogP contribution in [0.4, 0.5) is 18.9 Å². The molecule has 0 amide bonds. The number of para-hydroxylation sites is 1. The highest BCUT2D eigenvalue weighted by Crippen LogP contribution is 2.35. The molecule has 1 unspecified atom stereocenters. The quantitative estimate of drug-likeness (QED) is 0.743. The van der Waals surface area contributed by atoms with Gasteiger partial charge >= 0.3 is 15.5 Å². The molecule has 2 aromatic rings. The van der Waals surface area contributed by atoms with Crippen LogP contribution in [0.5, 0.6) is 0 Å². The van der Waals surface area contributed by atoms with Crippen molar-refractivity contribution in [2.24, 2.45) is 0 Å². The Hall–Kier alpha value is -2.11. The molecular formula is C19H24F3N5O2S. The lowest BCUT2D eigenvalue weighted by Crippen LogP contribution is -2.48. The number of imidazole rings is 1. The lowest BCUT2D eigenvalue weighted by molar-refractivity contribution is -0.0492. The number of likely N-dealkylation sites (tertiary alicyclic amines) is 1. The number of sulfonamides is 1. The third kappa shape index (κ3) is 4.19. The second-order valence-electron chi connectivity index (χ2n) is 7.71. The first kappa shape index (κ1) is 21.1. The molecule has 30 heavy (non-hydrogen) atoms. The van der Waals surface area contributed by atoms with Gasteiger partial charge in [-0.2, -0.15) is 17.5 Å². The summed E-state index contributed by atoms with van der Waals surface area (Å²) >= 11 is 0. The van der Waals surface area contributed by atoms with E-state index in [2.05, 4.69) is 14.9 Å². The molecule has 1 atom stereocenters. The molecule has 164 valence electrons. The fourth-order valence-corrected chi connectivity index (χ4v) is 4.96. The summed E-state index contributed by atoms with van der Waals surface area (Å²) < 4.78 is 65.3. The largest absolute Gasteiger partial charge is 0.511 e. The van der Waals surface area contributed by atoms with Crippen LogP contribution in [0.2, 0.25) is 0 Å². The third-order valence-corrected chi connectivity index (χ3v) is 7.30. The second kappa shape index (κ2) is 8.20. The molecule has 0 aliphatic carbocycles. The van der Waals surface area contributed by atoms with Crippen LogP contribution in [0.25, 0.3) is 0 Å². The number of halogens is 3. The molecule has 1 saturated heterocycles. The molecule has 7 nitrogen and oxygen atoms in total. The zero-order valence-electron chi connectivity index (χ0n) is 16.3. The maximum Gasteiger partial charge on any atom is 0.511 e. The molecule has 4 rings (SSSR count). The molecule has 11 heteroatoms. The first-order valence-corrected chi connectivity index (χ1v) is 11.3. The summed E-state index contributed by atoms with van der Waals surface area (Å²) in [4.78, 5) is 11.3. The van der Waals surface area contributed by atoms with Gasteiger partial charge in [-0.15, -0.1) is 0 Å². The fraction of sp³-hybridized carbons (Fsp3) is 0.526. The molecule has 3 heterocycles. The van der Waals surface area contributed by atoms with E-state index in [9.17, 15) is 21.6 Å². The summed E-state index contributed by atoms with van der Waals surface area (Å²) in [6.07, 6.45) is 4.89. The van der Waals surface area contributed by atoms with Gasteiger partial charge in [0.2, 0.25) is 0 Å². The third-order valence-electron chi connectivity index (χ3n) is 5.76. The van der Waals surface area contributed by atoms with Crippen LogP contribution < -0.4 is 4.90 Å². The highest BCUT2D eigenvalue weighted by atomic mass is 32.2. The van der Waals surface area contributed by atoms with E-state index in [-0.39, 0.29) is 13.1 Å². The van der Waals surface area contributed by atoms with Crippen molar-refractivity contribution in [2.75, 3.05) is 31.1 Å². The van der Waals surface area contributed by atoms with E-state index in [4.69, 9.17) is 0 Å². The number of nitrogens with one attached hydrogen (secondary N) is 1. The zero-order valence-corrected chi connectivity index (χ0v) is 17.2. The maximum absolute atomic E-state index is 13.4. The molecule has 2 aliphatic rings. The Morgan fingerprint density at radius 2 is 1.97 bits per heavy atom. The van der Waals surface area contributed by atoms with Gasteiger partial charge in [-0.1, -0.05) is 18.2 Å². The minimum atomic E-state index is -5.44. The van der Waals surface area contributed by atoms with Gasteiger partial charge in [0.15, 0.2) is 0 Å². The van der Waals surface area contributed by atoms with Gasteiger partial charge in [0.25, 0.3) is 0 Å². The van der Waals surface area contributed by atoms with Crippen molar-refractivity contribution in [1.29, 1.82) is 0 Å². The van der Waals surface area contributed by atoms with Crippen molar-refractivity contribution in [1.82, 2.24) is 19.2 Å². The summed E-state index contributed by atoms with van der Waals surface area (Å²) in [7, 11) is -5.44. The Kier molecular flexibility index (Phi) is 5.78. The van der Waals surface area contributed by atoms with Gasteiger partial charge in [-0.3, -0.25) is 0 Å². The van der Waals surface area contributed by atoms with Crippen LogP contribution in [0.15, 0.2) is 36.8 Å². The average molecular weight is 443 g/mol. The highest BCUT2D eigenvalue weighted by molar-refractivity contribution is 7.89. The number of anilines is 1. The van der Waals surface area contributed by atoms with E-state index in [0.29, 0.717) is 29.4 Å². The molecule has 1 fully saturated rings. The Labute approximate surface area is 173 Å². The maximum atomic E-state index is 13.4. The summed E-state index contributed by atoms with van der Waals surface area (Å²) in [5.41, 5.74) is -3.22. The molecular weight excluding hydrogens is 419 g/mol. The number of aromatic amines is 1. The van der Waals surface area contributed by atoms with E-state index in [1.807, 2.05) is 17.0 Å². The first-order valence-electron chi connectivity index (χ1n) is 9.86. The summed E-state index contributed by atoms with van der Waals surface area (Å²) in [5.74, 6) is 0. The Morgan fingerprint density at radius 3 is 2.60 bits per heavy atom. The van der Waals surface area contributed by atoms with Crippen LogP contribution in [-0.2, 0) is 23.1 Å². The van der Waals surface area contributed by atoms with Crippen LogP contribution in [0.3, 0.4) is 0 Å². The number of rotatable bonds is 6. The monoisotopic (exact) mass is 443 g/mol. The number of alkyl halides is 3. The van der Waals surface area contributed by atoms with Gasteiger partial charge < -0.3 is 14.8 Å². The summed E-state index contributed by atoms with van der Waals surface area (Å²) in [5, 5.41) is 0. The van der Waals surface area contributed by atoms with E-state index in [0.717, 1.165) is 30.9 Å². The zero-order chi connectivity index (χ0) is 21.4. The molecule has 2 aliphatic heterocycles. The lowest BCUT2D eigenvalue weighted by Gasteiger charge is -2.37. The van der Waals surface area contributed by atoms with Gasteiger partial charge in [0, 0.05) is 37.6 Å². The van der Waals surface area contributed by atoms with Gasteiger partial charge in [0.1, 0.15) is 0 Å². The van der Waals surface area contributed by atoms with E-state index in [1.54, 1.807) is 24.7 Å². The van der Waals surface area contributed by atoms with Crippen molar-refractivity contribution in [3.8, 4) is 0 Å². The second-order valence-corrected chi connectivity index (χ2v) is 9.64. The predicted octanol–water partition coefficient (Wildman–Crippen LogP) is 2.55. The minimum absolute atomic E-state index is 0.224. The van der Waals surface area contributed by atoms with E-state index >= 15 is 0 Å². The van der Waals surface area contributed by atoms with Gasteiger partial charge in [0.05, 0.1) is 18.6 Å². The number of H-pyrrole nitrogens is 1. The fourth-order valence-electron chi connectivity index (χ4n) is 3.99. The predicted molar refractivity (Wildman–Crippen MR) is 106 cm³/mol. The van der Waals surface area contributed by atoms with Crippen molar-refractivity contribution in [3.63, 3.8) is 0 Å². The van der Waals surface area contributed by atoms with Gasteiger partial charge in [-0.05, 0) is 37.6 Å². The number of nitrogens with zero attached hydrogens (tertiary/aromatic N) is 4. The first-order chi connectivity index (χ1) is 14.3.